The zero-order chi connectivity index (χ0) is 17.3. The fraction of sp³-hybridized carbons (Fsp3) is 0.895. The smallest absolute Gasteiger partial charge is 0.319 e. The summed E-state index contributed by atoms with van der Waals surface area (Å²) in [7, 11) is 0. The molecule has 1 aliphatic rings. The highest BCUT2D eigenvalue weighted by Crippen LogP contribution is 2.20. The highest BCUT2D eigenvalue weighted by molar-refractivity contribution is 5.98. The summed E-state index contributed by atoms with van der Waals surface area (Å²) < 4.78 is 5.47. The molecule has 0 radical (unpaired) electrons. The van der Waals surface area contributed by atoms with Gasteiger partial charge in [0.05, 0.1) is 0 Å². The minimum Gasteiger partial charge on any atom is -0.459 e. The third-order valence-corrected chi connectivity index (χ3v) is 4.31. The van der Waals surface area contributed by atoms with Crippen LogP contribution >= 0.6 is 0 Å². The van der Waals surface area contributed by atoms with E-state index in [1.165, 1.54) is 12.8 Å². The van der Waals surface area contributed by atoms with E-state index in [-0.39, 0.29) is 17.9 Å². The SMILES string of the molecule is CCCCCC(C(=O)NC1CCCCCC1)C(=O)OC(C)(C)C. The molecule has 0 aromatic heterocycles. The van der Waals surface area contributed by atoms with Gasteiger partial charge in [-0.1, -0.05) is 51.9 Å². The lowest BCUT2D eigenvalue weighted by atomic mass is 9.98. The van der Waals surface area contributed by atoms with E-state index in [4.69, 9.17) is 4.74 Å². The Morgan fingerprint density at radius 1 is 1.09 bits per heavy atom. The molecule has 0 saturated heterocycles. The number of hydrogen-bond donors (Lipinski definition) is 1. The van der Waals surface area contributed by atoms with Crippen molar-refractivity contribution in [2.45, 2.75) is 104 Å². The molecular weight excluding hydrogens is 290 g/mol. The Hall–Kier alpha value is -1.06. The summed E-state index contributed by atoms with van der Waals surface area (Å²) in [6, 6.07) is 0.223. The summed E-state index contributed by atoms with van der Waals surface area (Å²) in [5, 5.41) is 3.11. The fourth-order valence-corrected chi connectivity index (χ4v) is 3.05. The first kappa shape index (κ1) is 20.0. The summed E-state index contributed by atoms with van der Waals surface area (Å²) in [6.07, 6.45) is 10.5. The van der Waals surface area contributed by atoms with E-state index >= 15 is 0 Å². The standard InChI is InChI=1S/C19H35NO3/c1-5-6-9-14-16(18(22)23-19(2,3)4)17(21)20-15-12-10-7-8-11-13-15/h15-16H,5-14H2,1-4H3,(H,20,21). The fourth-order valence-electron chi connectivity index (χ4n) is 3.05. The monoisotopic (exact) mass is 325 g/mol. The van der Waals surface area contributed by atoms with Gasteiger partial charge in [-0.2, -0.15) is 0 Å². The summed E-state index contributed by atoms with van der Waals surface area (Å²) in [6.45, 7) is 7.65. The number of unbranched alkanes of at least 4 members (excludes halogenated alkanes) is 2. The van der Waals surface area contributed by atoms with Gasteiger partial charge in [0.2, 0.25) is 5.91 Å². The first-order valence-electron chi connectivity index (χ1n) is 9.36. The number of esters is 1. The Bertz CT molecular complexity index is 365. The molecule has 0 spiro atoms. The van der Waals surface area contributed by atoms with Crippen molar-refractivity contribution >= 4 is 11.9 Å². The van der Waals surface area contributed by atoms with E-state index in [2.05, 4.69) is 12.2 Å². The van der Waals surface area contributed by atoms with Crippen LogP contribution in [-0.2, 0) is 14.3 Å². The molecule has 0 aromatic carbocycles. The van der Waals surface area contributed by atoms with Crippen molar-refractivity contribution in [1.82, 2.24) is 5.32 Å². The van der Waals surface area contributed by atoms with E-state index in [9.17, 15) is 9.59 Å². The number of nitrogens with one attached hydrogen (secondary N) is 1. The molecule has 4 nitrogen and oxygen atoms in total. The Labute approximate surface area is 141 Å². The number of hydrogen-bond acceptors (Lipinski definition) is 3. The van der Waals surface area contributed by atoms with E-state index in [1.54, 1.807) is 0 Å². The number of carbonyl (C=O) groups is 2. The van der Waals surface area contributed by atoms with E-state index in [0.717, 1.165) is 44.9 Å². The summed E-state index contributed by atoms with van der Waals surface area (Å²) in [5.74, 6) is -1.17. The Morgan fingerprint density at radius 3 is 2.22 bits per heavy atom. The zero-order valence-electron chi connectivity index (χ0n) is 15.5. The van der Waals surface area contributed by atoms with Gasteiger partial charge in [0.25, 0.3) is 0 Å². The van der Waals surface area contributed by atoms with Crippen molar-refractivity contribution in [3.05, 3.63) is 0 Å². The zero-order valence-corrected chi connectivity index (χ0v) is 15.5. The number of rotatable bonds is 7. The predicted octanol–water partition coefficient (Wildman–Crippen LogP) is 4.36. The quantitative estimate of drug-likeness (QED) is 0.327. The van der Waals surface area contributed by atoms with Crippen LogP contribution in [0, 0.1) is 5.92 Å². The third-order valence-electron chi connectivity index (χ3n) is 4.31. The van der Waals surface area contributed by atoms with E-state index in [1.807, 2.05) is 20.8 Å². The van der Waals surface area contributed by atoms with Crippen molar-refractivity contribution in [3.8, 4) is 0 Å². The maximum Gasteiger partial charge on any atom is 0.319 e. The summed E-state index contributed by atoms with van der Waals surface area (Å²) >= 11 is 0. The van der Waals surface area contributed by atoms with E-state index < -0.39 is 11.5 Å². The maximum absolute atomic E-state index is 12.6. The molecule has 0 aromatic rings. The lowest BCUT2D eigenvalue weighted by Crippen LogP contribution is -2.43. The molecule has 23 heavy (non-hydrogen) atoms. The van der Waals surface area contributed by atoms with Gasteiger partial charge < -0.3 is 10.1 Å². The lowest BCUT2D eigenvalue weighted by Gasteiger charge is -2.25. The highest BCUT2D eigenvalue weighted by atomic mass is 16.6. The van der Waals surface area contributed by atoms with Crippen molar-refractivity contribution in [2.75, 3.05) is 0 Å². The molecule has 0 aliphatic heterocycles. The molecule has 1 amide bonds. The van der Waals surface area contributed by atoms with Gasteiger partial charge in [0.1, 0.15) is 11.5 Å². The minimum atomic E-state index is -0.663. The molecule has 1 unspecified atom stereocenters. The van der Waals surface area contributed by atoms with Gasteiger partial charge in [-0.25, -0.2) is 0 Å². The van der Waals surface area contributed by atoms with Gasteiger partial charge in [-0.15, -0.1) is 0 Å². The molecule has 134 valence electrons. The first-order valence-corrected chi connectivity index (χ1v) is 9.36. The van der Waals surface area contributed by atoms with Crippen LogP contribution in [0.25, 0.3) is 0 Å². The maximum atomic E-state index is 12.6. The molecule has 1 N–H and O–H groups in total. The van der Waals surface area contributed by atoms with Gasteiger partial charge in [0, 0.05) is 6.04 Å². The highest BCUT2D eigenvalue weighted by Gasteiger charge is 2.32. The molecule has 1 fully saturated rings. The van der Waals surface area contributed by atoms with Crippen LogP contribution in [-0.4, -0.2) is 23.5 Å². The molecule has 0 heterocycles. The van der Waals surface area contributed by atoms with Gasteiger partial charge in [-0.3, -0.25) is 9.59 Å². The molecule has 0 bridgehead atoms. The second-order valence-electron chi connectivity index (χ2n) is 7.78. The Morgan fingerprint density at radius 2 is 1.70 bits per heavy atom. The number of ether oxygens (including phenoxy) is 1. The predicted molar refractivity (Wildman–Crippen MR) is 93.1 cm³/mol. The van der Waals surface area contributed by atoms with Crippen molar-refractivity contribution in [1.29, 1.82) is 0 Å². The second-order valence-corrected chi connectivity index (χ2v) is 7.78. The van der Waals surface area contributed by atoms with Crippen LogP contribution in [0.1, 0.15) is 91.9 Å². The largest absolute Gasteiger partial charge is 0.459 e. The van der Waals surface area contributed by atoms with Gasteiger partial charge >= 0.3 is 5.97 Å². The Kier molecular flexibility index (Phi) is 8.64. The topological polar surface area (TPSA) is 55.4 Å². The van der Waals surface area contributed by atoms with Crippen LogP contribution < -0.4 is 5.32 Å². The number of amides is 1. The Balaban J connectivity index is 2.64. The molecule has 1 aliphatic carbocycles. The lowest BCUT2D eigenvalue weighted by molar-refractivity contribution is -0.163. The summed E-state index contributed by atoms with van der Waals surface area (Å²) in [5.41, 5.74) is -0.553. The molecule has 4 heteroatoms. The summed E-state index contributed by atoms with van der Waals surface area (Å²) in [4.78, 5) is 25.1. The van der Waals surface area contributed by atoms with E-state index in [0.29, 0.717) is 6.42 Å². The van der Waals surface area contributed by atoms with Gasteiger partial charge in [0.15, 0.2) is 0 Å². The normalized spacial score (nSPS) is 18.1. The average molecular weight is 325 g/mol. The van der Waals surface area contributed by atoms with Crippen LogP contribution in [0.15, 0.2) is 0 Å². The van der Waals surface area contributed by atoms with Crippen molar-refractivity contribution in [2.24, 2.45) is 5.92 Å². The molecule has 1 atom stereocenters. The first-order chi connectivity index (χ1) is 10.8. The minimum absolute atomic E-state index is 0.137. The van der Waals surface area contributed by atoms with Crippen LogP contribution in [0.2, 0.25) is 0 Å². The second kappa shape index (κ2) is 9.94. The number of carbonyl (C=O) groups excluding carboxylic acids is 2. The van der Waals surface area contributed by atoms with Crippen LogP contribution in [0.5, 0.6) is 0 Å². The molecule has 1 rings (SSSR count). The molecule has 1 saturated carbocycles. The molecular formula is C19H35NO3. The van der Waals surface area contributed by atoms with Crippen molar-refractivity contribution in [3.63, 3.8) is 0 Å². The average Bonchev–Trinajstić information content (AvgIpc) is 2.70. The van der Waals surface area contributed by atoms with Gasteiger partial charge in [-0.05, 0) is 40.0 Å². The van der Waals surface area contributed by atoms with Crippen molar-refractivity contribution < 1.29 is 14.3 Å². The third kappa shape index (κ3) is 8.38. The van der Waals surface area contributed by atoms with Crippen LogP contribution in [0.3, 0.4) is 0 Å². The van der Waals surface area contributed by atoms with Crippen LogP contribution in [0.4, 0.5) is 0 Å².